The van der Waals surface area contributed by atoms with Crippen molar-refractivity contribution in [1.82, 2.24) is 0 Å². The van der Waals surface area contributed by atoms with E-state index in [-0.39, 0.29) is 5.11 Å². The molecule has 0 saturated carbocycles. The first kappa shape index (κ1) is 12.7. The standard InChI is InChI=1S/C13H11ClN2OS/c14-11-8-9(16-13(15)18)6-7-12(11)17-10-4-2-1-3-5-10/h1-8H,(H3,15,16,18). The lowest BCUT2D eigenvalue weighted by Gasteiger charge is -2.09. The third kappa shape index (κ3) is 3.35. The molecule has 5 heteroatoms. The summed E-state index contributed by atoms with van der Waals surface area (Å²) in [5, 5.41) is 3.49. The van der Waals surface area contributed by atoms with Gasteiger partial charge in [0.15, 0.2) is 5.11 Å². The van der Waals surface area contributed by atoms with E-state index in [2.05, 4.69) is 5.32 Å². The molecule has 0 aliphatic heterocycles. The Hall–Kier alpha value is -1.78. The Morgan fingerprint density at radius 3 is 2.50 bits per heavy atom. The molecule has 0 bridgehead atoms. The molecule has 2 aromatic carbocycles. The summed E-state index contributed by atoms with van der Waals surface area (Å²) in [6.45, 7) is 0. The molecular weight excluding hydrogens is 268 g/mol. The van der Waals surface area contributed by atoms with Crippen molar-refractivity contribution in [1.29, 1.82) is 0 Å². The number of hydrogen-bond acceptors (Lipinski definition) is 2. The van der Waals surface area contributed by atoms with Gasteiger partial charge in [-0.25, -0.2) is 0 Å². The maximum Gasteiger partial charge on any atom is 0.168 e. The number of ether oxygens (including phenoxy) is 1. The number of benzene rings is 2. The molecule has 2 rings (SSSR count). The molecule has 0 radical (unpaired) electrons. The number of para-hydroxylation sites is 1. The lowest BCUT2D eigenvalue weighted by atomic mass is 10.3. The lowest BCUT2D eigenvalue weighted by Crippen LogP contribution is -2.18. The zero-order chi connectivity index (χ0) is 13.0. The molecule has 0 saturated heterocycles. The van der Waals surface area contributed by atoms with Crippen LogP contribution in [-0.2, 0) is 0 Å². The van der Waals surface area contributed by atoms with Crippen LogP contribution in [0.1, 0.15) is 0 Å². The second-order valence-electron chi connectivity index (χ2n) is 3.55. The molecule has 2 aromatic rings. The molecule has 0 atom stereocenters. The van der Waals surface area contributed by atoms with Crippen LogP contribution in [-0.4, -0.2) is 5.11 Å². The lowest BCUT2D eigenvalue weighted by molar-refractivity contribution is 0.483. The summed E-state index contributed by atoms with van der Waals surface area (Å²) in [6, 6.07) is 14.7. The number of nitrogens with one attached hydrogen (secondary N) is 1. The first-order valence-electron chi connectivity index (χ1n) is 5.24. The molecule has 0 fully saturated rings. The van der Waals surface area contributed by atoms with Crippen LogP contribution in [0.2, 0.25) is 5.02 Å². The van der Waals surface area contributed by atoms with Crippen molar-refractivity contribution in [3.63, 3.8) is 0 Å². The average Bonchev–Trinajstić information content (AvgIpc) is 2.33. The predicted octanol–water partition coefficient (Wildman–Crippen LogP) is 3.79. The van der Waals surface area contributed by atoms with E-state index in [1.54, 1.807) is 18.2 Å². The zero-order valence-electron chi connectivity index (χ0n) is 9.39. The van der Waals surface area contributed by atoms with Gasteiger partial charge in [-0.3, -0.25) is 0 Å². The summed E-state index contributed by atoms with van der Waals surface area (Å²) in [5.74, 6) is 1.31. The molecule has 0 aromatic heterocycles. The topological polar surface area (TPSA) is 47.3 Å². The molecule has 0 heterocycles. The first-order valence-corrected chi connectivity index (χ1v) is 6.02. The Morgan fingerprint density at radius 2 is 1.89 bits per heavy atom. The average molecular weight is 279 g/mol. The highest BCUT2D eigenvalue weighted by molar-refractivity contribution is 7.80. The maximum atomic E-state index is 6.11. The molecule has 0 amide bonds. The van der Waals surface area contributed by atoms with E-state index in [9.17, 15) is 0 Å². The van der Waals surface area contributed by atoms with E-state index in [0.717, 1.165) is 11.4 Å². The summed E-state index contributed by atoms with van der Waals surface area (Å²) >= 11 is 10.9. The highest BCUT2D eigenvalue weighted by Crippen LogP contribution is 2.31. The van der Waals surface area contributed by atoms with Crippen molar-refractivity contribution in [2.75, 3.05) is 5.32 Å². The van der Waals surface area contributed by atoms with E-state index in [1.165, 1.54) is 0 Å². The minimum absolute atomic E-state index is 0.197. The summed E-state index contributed by atoms with van der Waals surface area (Å²) < 4.78 is 5.65. The highest BCUT2D eigenvalue weighted by Gasteiger charge is 2.04. The number of nitrogens with two attached hydrogens (primary N) is 1. The second-order valence-corrected chi connectivity index (χ2v) is 4.40. The fourth-order valence-electron chi connectivity index (χ4n) is 1.42. The molecule has 0 spiro atoms. The molecule has 92 valence electrons. The van der Waals surface area contributed by atoms with E-state index in [1.807, 2.05) is 30.3 Å². The van der Waals surface area contributed by atoms with E-state index < -0.39 is 0 Å². The number of halogens is 1. The molecule has 18 heavy (non-hydrogen) atoms. The maximum absolute atomic E-state index is 6.11. The van der Waals surface area contributed by atoms with Gasteiger partial charge >= 0.3 is 0 Å². The third-order valence-corrected chi connectivity index (χ3v) is 2.57. The van der Waals surface area contributed by atoms with Gasteiger partial charge < -0.3 is 15.8 Å². The van der Waals surface area contributed by atoms with Gasteiger partial charge in [-0.1, -0.05) is 29.8 Å². The normalized spacial score (nSPS) is 9.83. The minimum atomic E-state index is 0.197. The number of rotatable bonds is 3. The van der Waals surface area contributed by atoms with Crippen LogP contribution in [0, 0.1) is 0 Å². The van der Waals surface area contributed by atoms with Crippen LogP contribution < -0.4 is 15.8 Å². The summed E-state index contributed by atoms with van der Waals surface area (Å²) in [7, 11) is 0. The number of thiocarbonyl (C=S) groups is 1. The summed E-state index contributed by atoms with van der Waals surface area (Å²) in [6.07, 6.45) is 0. The van der Waals surface area contributed by atoms with Crippen LogP contribution in [0.3, 0.4) is 0 Å². The smallest absolute Gasteiger partial charge is 0.168 e. The van der Waals surface area contributed by atoms with E-state index >= 15 is 0 Å². The molecule has 0 unspecified atom stereocenters. The van der Waals surface area contributed by atoms with Crippen LogP contribution in [0.4, 0.5) is 5.69 Å². The highest BCUT2D eigenvalue weighted by atomic mass is 35.5. The van der Waals surface area contributed by atoms with Crippen molar-refractivity contribution in [3.05, 3.63) is 53.6 Å². The van der Waals surface area contributed by atoms with Crippen molar-refractivity contribution >= 4 is 34.6 Å². The van der Waals surface area contributed by atoms with Crippen molar-refractivity contribution < 1.29 is 4.74 Å². The van der Waals surface area contributed by atoms with Gasteiger partial charge in [-0.05, 0) is 42.5 Å². The van der Waals surface area contributed by atoms with Crippen molar-refractivity contribution in [2.45, 2.75) is 0 Å². The Morgan fingerprint density at radius 1 is 1.17 bits per heavy atom. The van der Waals surface area contributed by atoms with Gasteiger partial charge in [-0.2, -0.15) is 0 Å². The fourth-order valence-corrected chi connectivity index (χ4v) is 1.76. The number of hydrogen-bond donors (Lipinski definition) is 2. The van der Waals surface area contributed by atoms with Gasteiger partial charge in [0, 0.05) is 5.69 Å². The first-order chi connectivity index (χ1) is 8.65. The molecule has 0 aliphatic rings. The van der Waals surface area contributed by atoms with Crippen LogP contribution in [0.5, 0.6) is 11.5 Å². The quantitative estimate of drug-likeness (QED) is 0.839. The van der Waals surface area contributed by atoms with E-state index in [4.69, 9.17) is 34.3 Å². The van der Waals surface area contributed by atoms with Gasteiger partial charge in [0.05, 0.1) is 5.02 Å². The Bertz CT molecular complexity index is 560. The van der Waals surface area contributed by atoms with Gasteiger partial charge in [-0.15, -0.1) is 0 Å². The van der Waals surface area contributed by atoms with Gasteiger partial charge in [0.1, 0.15) is 11.5 Å². The Balaban J connectivity index is 2.17. The zero-order valence-corrected chi connectivity index (χ0v) is 11.0. The minimum Gasteiger partial charge on any atom is -0.456 e. The molecule has 3 N–H and O–H groups in total. The van der Waals surface area contributed by atoms with Crippen LogP contribution >= 0.6 is 23.8 Å². The monoisotopic (exact) mass is 278 g/mol. The van der Waals surface area contributed by atoms with E-state index in [0.29, 0.717) is 10.8 Å². The van der Waals surface area contributed by atoms with Crippen LogP contribution in [0.25, 0.3) is 0 Å². The predicted molar refractivity (Wildman–Crippen MR) is 78.4 cm³/mol. The number of anilines is 1. The van der Waals surface area contributed by atoms with Gasteiger partial charge in [0.2, 0.25) is 0 Å². The second kappa shape index (κ2) is 5.71. The largest absolute Gasteiger partial charge is 0.456 e. The molecule has 0 aliphatic carbocycles. The Labute approximate surface area is 116 Å². The SMILES string of the molecule is NC(=S)Nc1ccc(Oc2ccccc2)c(Cl)c1. The fraction of sp³-hybridized carbons (Fsp3) is 0. The summed E-state index contributed by atoms with van der Waals surface area (Å²) in [4.78, 5) is 0. The molecule has 3 nitrogen and oxygen atoms in total. The Kier molecular flexibility index (Phi) is 4.02. The molecular formula is C13H11ClN2OS. The van der Waals surface area contributed by atoms with Gasteiger partial charge in [0.25, 0.3) is 0 Å². The third-order valence-electron chi connectivity index (χ3n) is 2.17. The van der Waals surface area contributed by atoms with Crippen molar-refractivity contribution in [3.8, 4) is 11.5 Å². The van der Waals surface area contributed by atoms with Crippen LogP contribution in [0.15, 0.2) is 48.5 Å². The van der Waals surface area contributed by atoms with Crippen molar-refractivity contribution in [2.24, 2.45) is 5.73 Å². The summed E-state index contributed by atoms with van der Waals surface area (Å²) in [5.41, 5.74) is 6.11.